The van der Waals surface area contributed by atoms with Crippen molar-refractivity contribution in [2.75, 3.05) is 5.32 Å². The number of carbonyl (C=O) groups excluding carboxylic acids is 1. The Hall–Kier alpha value is -1.48. The maximum absolute atomic E-state index is 10.8. The van der Waals surface area contributed by atoms with Gasteiger partial charge in [-0.3, -0.25) is 4.79 Å². The van der Waals surface area contributed by atoms with Crippen LogP contribution in [-0.2, 0) is 4.79 Å². The number of benzene rings is 1. The molecule has 0 fully saturated rings. The molecule has 0 aromatic heterocycles. The highest BCUT2D eigenvalue weighted by atomic mass is 35.5. The second kappa shape index (κ2) is 4.84. The van der Waals surface area contributed by atoms with Crippen LogP contribution in [0.15, 0.2) is 30.0 Å². The number of halogens is 1. The molecule has 0 saturated carbocycles. The summed E-state index contributed by atoms with van der Waals surface area (Å²) in [5.41, 5.74) is 1.14. The monoisotopic (exact) mass is 225 g/mol. The predicted octanol–water partition coefficient (Wildman–Crippen LogP) is 2.95. The fraction of sp³-hybridized carbons (Fsp3) is 0.182. The van der Waals surface area contributed by atoms with Gasteiger partial charge in [-0.15, -0.1) is 0 Å². The van der Waals surface area contributed by atoms with Crippen molar-refractivity contribution in [3.05, 3.63) is 35.0 Å². The van der Waals surface area contributed by atoms with Crippen molar-refractivity contribution in [1.29, 1.82) is 0 Å². The lowest BCUT2D eigenvalue weighted by atomic mass is 10.2. The normalized spacial score (nSPS) is 11.3. The molecule has 80 valence electrons. The average molecular weight is 226 g/mol. The van der Waals surface area contributed by atoms with Crippen molar-refractivity contribution < 1.29 is 9.90 Å². The molecule has 0 atom stereocenters. The molecule has 0 heterocycles. The molecular weight excluding hydrogens is 214 g/mol. The molecule has 1 aromatic rings. The lowest BCUT2D eigenvalue weighted by molar-refractivity contribution is -0.112. The standard InChI is InChI=1S/C11H12ClNO2/c1-7(5-8(2)14)13-10-6-9(12)3-4-11(10)15/h3-6,13,15H,1-2H3/b7-5-. The van der Waals surface area contributed by atoms with Crippen LogP contribution in [-0.4, -0.2) is 10.9 Å². The Morgan fingerprint density at radius 2 is 2.13 bits per heavy atom. The van der Waals surface area contributed by atoms with E-state index in [1.807, 2.05) is 0 Å². The topological polar surface area (TPSA) is 49.3 Å². The van der Waals surface area contributed by atoms with Crippen LogP contribution in [0.2, 0.25) is 5.02 Å². The molecule has 0 aliphatic rings. The van der Waals surface area contributed by atoms with Gasteiger partial charge in [0.05, 0.1) is 5.69 Å². The van der Waals surface area contributed by atoms with Crippen LogP contribution >= 0.6 is 11.6 Å². The molecule has 0 radical (unpaired) electrons. The first-order valence-corrected chi connectivity index (χ1v) is 4.81. The summed E-state index contributed by atoms with van der Waals surface area (Å²) in [7, 11) is 0. The first-order chi connectivity index (χ1) is 6.99. The quantitative estimate of drug-likeness (QED) is 0.614. The zero-order valence-electron chi connectivity index (χ0n) is 8.54. The van der Waals surface area contributed by atoms with Crippen LogP contribution < -0.4 is 5.32 Å². The number of nitrogens with one attached hydrogen (secondary N) is 1. The molecule has 15 heavy (non-hydrogen) atoms. The van der Waals surface area contributed by atoms with E-state index >= 15 is 0 Å². The van der Waals surface area contributed by atoms with Gasteiger partial charge in [0.1, 0.15) is 5.75 Å². The van der Waals surface area contributed by atoms with E-state index in [0.29, 0.717) is 16.4 Å². The van der Waals surface area contributed by atoms with Crippen LogP contribution in [0.4, 0.5) is 5.69 Å². The molecular formula is C11H12ClNO2. The van der Waals surface area contributed by atoms with Gasteiger partial charge in [-0.05, 0) is 38.1 Å². The number of anilines is 1. The molecule has 0 spiro atoms. The summed E-state index contributed by atoms with van der Waals surface area (Å²) in [4.78, 5) is 10.8. The third kappa shape index (κ3) is 3.64. The van der Waals surface area contributed by atoms with Gasteiger partial charge in [0, 0.05) is 10.7 Å². The highest BCUT2D eigenvalue weighted by molar-refractivity contribution is 6.30. The zero-order valence-corrected chi connectivity index (χ0v) is 9.30. The minimum absolute atomic E-state index is 0.0542. The van der Waals surface area contributed by atoms with E-state index in [4.69, 9.17) is 11.6 Å². The third-order valence-corrected chi connectivity index (χ3v) is 1.95. The van der Waals surface area contributed by atoms with Gasteiger partial charge < -0.3 is 10.4 Å². The summed E-state index contributed by atoms with van der Waals surface area (Å²) in [6.45, 7) is 3.20. The SMILES string of the molecule is CC(=O)/C=C(/C)Nc1cc(Cl)ccc1O. The van der Waals surface area contributed by atoms with Gasteiger partial charge in [0.2, 0.25) is 0 Å². The van der Waals surface area contributed by atoms with Crippen molar-refractivity contribution >= 4 is 23.1 Å². The largest absolute Gasteiger partial charge is 0.506 e. The highest BCUT2D eigenvalue weighted by Gasteiger charge is 2.02. The van der Waals surface area contributed by atoms with Crippen LogP contribution in [0.3, 0.4) is 0 Å². The summed E-state index contributed by atoms with van der Waals surface area (Å²) in [6, 6.07) is 4.67. The average Bonchev–Trinajstić information content (AvgIpc) is 2.10. The Bertz CT molecular complexity index is 413. The third-order valence-electron chi connectivity index (χ3n) is 1.71. The molecule has 0 aliphatic heterocycles. The number of phenols is 1. The predicted molar refractivity (Wildman–Crippen MR) is 61.2 cm³/mol. The van der Waals surface area contributed by atoms with E-state index in [-0.39, 0.29) is 11.5 Å². The highest BCUT2D eigenvalue weighted by Crippen LogP contribution is 2.27. The van der Waals surface area contributed by atoms with E-state index in [1.165, 1.54) is 19.1 Å². The molecule has 0 saturated heterocycles. The summed E-state index contributed by atoms with van der Waals surface area (Å²) in [5, 5.41) is 12.9. The maximum Gasteiger partial charge on any atom is 0.154 e. The first-order valence-electron chi connectivity index (χ1n) is 4.43. The van der Waals surface area contributed by atoms with Crippen LogP contribution in [0.5, 0.6) is 5.75 Å². The number of phenolic OH excluding ortho intramolecular Hbond substituents is 1. The summed E-state index contributed by atoms with van der Waals surface area (Å²) in [6.07, 6.45) is 1.44. The van der Waals surface area contributed by atoms with Gasteiger partial charge in [-0.25, -0.2) is 0 Å². The number of hydrogen-bond acceptors (Lipinski definition) is 3. The maximum atomic E-state index is 10.8. The molecule has 3 nitrogen and oxygen atoms in total. The number of rotatable bonds is 3. The van der Waals surface area contributed by atoms with Crippen molar-refractivity contribution in [3.8, 4) is 5.75 Å². The Morgan fingerprint density at radius 1 is 1.47 bits per heavy atom. The van der Waals surface area contributed by atoms with Gasteiger partial charge in [-0.1, -0.05) is 11.6 Å². The number of ketones is 1. The summed E-state index contributed by atoms with van der Waals surface area (Å²) >= 11 is 5.77. The van der Waals surface area contributed by atoms with E-state index in [9.17, 15) is 9.90 Å². The molecule has 0 amide bonds. The van der Waals surface area contributed by atoms with Gasteiger partial charge >= 0.3 is 0 Å². The second-order valence-electron chi connectivity index (χ2n) is 3.22. The lowest BCUT2D eigenvalue weighted by Crippen LogP contribution is -1.98. The fourth-order valence-electron chi connectivity index (χ4n) is 1.16. The van der Waals surface area contributed by atoms with E-state index in [2.05, 4.69) is 5.32 Å². The van der Waals surface area contributed by atoms with Crippen molar-refractivity contribution in [3.63, 3.8) is 0 Å². The Kier molecular flexibility index (Phi) is 3.74. The summed E-state index contributed by atoms with van der Waals surface area (Å²) in [5.74, 6) is 0.0391. The smallest absolute Gasteiger partial charge is 0.154 e. The molecule has 0 unspecified atom stereocenters. The van der Waals surface area contributed by atoms with E-state index < -0.39 is 0 Å². The number of allylic oxidation sites excluding steroid dienone is 2. The van der Waals surface area contributed by atoms with Crippen LogP contribution in [0, 0.1) is 0 Å². The molecule has 1 rings (SSSR count). The summed E-state index contributed by atoms with van der Waals surface area (Å²) < 4.78 is 0. The van der Waals surface area contributed by atoms with Crippen molar-refractivity contribution in [1.82, 2.24) is 0 Å². The molecule has 0 bridgehead atoms. The molecule has 2 N–H and O–H groups in total. The van der Waals surface area contributed by atoms with Gasteiger partial charge in [0.15, 0.2) is 5.78 Å². The molecule has 0 aliphatic carbocycles. The lowest BCUT2D eigenvalue weighted by Gasteiger charge is -2.08. The van der Waals surface area contributed by atoms with E-state index in [0.717, 1.165) is 0 Å². The second-order valence-corrected chi connectivity index (χ2v) is 3.66. The number of hydrogen-bond donors (Lipinski definition) is 2. The number of aromatic hydroxyl groups is 1. The van der Waals surface area contributed by atoms with Crippen molar-refractivity contribution in [2.24, 2.45) is 0 Å². The van der Waals surface area contributed by atoms with E-state index in [1.54, 1.807) is 19.1 Å². The van der Waals surface area contributed by atoms with Crippen molar-refractivity contribution in [2.45, 2.75) is 13.8 Å². The fourth-order valence-corrected chi connectivity index (χ4v) is 1.33. The minimum Gasteiger partial charge on any atom is -0.506 e. The number of carbonyl (C=O) groups is 1. The van der Waals surface area contributed by atoms with Gasteiger partial charge in [-0.2, -0.15) is 0 Å². The van der Waals surface area contributed by atoms with Gasteiger partial charge in [0.25, 0.3) is 0 Å². The molecule has 1 aromatic carbocycles. The Labute approximate surface area is 93.4 Å². The first kappa shape index (κ1) is 11.6. The Morgan fingerprint density at radius 3 is 2.73 bits per heavy atom. The zero-order chi connectivity index (χ0) is 11.4. The Balaban J connectivity index is 2.89. The minimum atomic E-state index is -0.0542. The van der Waals surface area contributed by atoms with Crippen LogP contribution in [0.25, 0.3) is 0 Å². The molecule has 4 heteroatoms. The van der Waals surface area contributed by atoms with Crippen LogP contribution in [0.1, 0.15) is 13.8 Å².